The Labute approximate surface area is 139 Å². The molecule has 0 aliphatic rings. The Morgan fingerprint density at radius 3 is 2.33 bits per heavy atom. The average molecular weight is 331 g/mol. The number of hydrogen-bond donors (Lipinski definition) is 1. The van der Waals surface area contributed by atoms with Gasteiger partial charge in [0.15, 0.2) is 0 Å². The summed E-state index contributed by atoms with van der Waals surface area (Å²) in [7, 11) is 4.24. The fourth-order valence-electron chi connectivity index (χ4n) is 1.98. The van der Waals surface area contributed by atoms with Gasteiger partial charge in [0.05, 0.1) is 27.0 Å². The van der Waals surface area contributed by atoms with Crippen LogP contribution in [0.5, 0.6) is 17.2 Å². The minimum Gasteiger partial charge on any atom is -0.497 e. The summed E-state index contributed by atoms with van der Waals surface area (Å²) in [6, 6.07) is 11.2. The second kappa shape index (κ2) is 7.87. The molecule has 0 aliphatic carbocycles. The second-order valence-electron chi connectivity index (χ2n) is 4.57. The molecule has 0 saturated carbocycles. The quantitative estimate of drug-likeness (QED) is 0.848. The van der Waals surface area contributed by atoms with Crippen molar-refractivity contribution in [3.05, 3.63) is 48.0 Å². The smallest absolute Gasteiger partial charge is 0.417 e. The van der Waals surface area contributed by atoms with Crippen LogP contribution >= 0.6 is 0 Å². The van der Waals surface area contributed by atoms with Crippen molar-refractivity contribution in [2.45, 2.75) is 0 Å². The molecule has 2 rings (SSSR count). The molecule has 0 bridgehead atoms. The van der Waals surface area contributed by atoms with Crippen molar-refractivity contribution >= 4 is 17.7 Å². The molecule has 0 atom stereocenters. The molecule has 0 saturated heterocycles. The SMILES string of the molecule is COC(=O)c1ccccc1OC(=O)Nc1cc(OC)ccc1OC. The Balaban J connectivity index is 2.19. The first-order valence-corrected chi connectivity index (χ1v) is 6.97. The van der Waals surface area contributed by atoms with E-state index in [-0.39, 0.29) is 11.3 Å². The zero-order valence-electron chi connectivity index (χ0n) is 13.5. The van der Waals surface area contributed by atoms with E-state index in [0.717, 1.165) is 0 Å². The molecule has 2 aromatic carbocycles. The van der Waals surface area contributed by atoms with Gasteiger partial charge in [0, 0.05) is 6.07 Å². The molecular formula is C17H17NO6. The molecule has 0 aliphatic heterocycles. The zero-order valence-corrected chi connectivity index (χ0v) is 13.5. The number of amides is 1. The summed E-state index contributed by atoms with van der Waals surface area (Å²) in [5.41, 5.74) is 0.519. The maximum Gasteiger partial charge on any atom is 0.417 e. The van der Waals surface area contributed by atoms with Gasteiger partial charge in [-0.1, -0.05) is 12.1 Å². The highest BCUT2D eigenvalue weighted by Gasteiger charge is 2.16. The second-order valence-corrected chi connectivity index (χ2v) is 4.57. The van der Waals surface area contributed by atoms with E-state index in [1.54, 1.807) is 30.3 Å². The van der Waals surface area contributed by atoms with E-state index in [2.05, 4.69) is 10.1 Å². The number of rotatable bonds is 5. The van der Waals surface area contributed by atoms with Crippen LogP contribution in [0.3, 0.4) is 0 Å². The lowest BCUT2D eigenvalue weighted by molar-refractivity contribution is 0.0598. The molecule has 0 aromatic heterocycles. The third kappa shape index (κ3) is 3.95. The summed E-state index contributed by atoms with van der Waals surface area (Å²) in [5.74, 6) is 0.469. The summed E-state index contributed by atoms with van der Waals surface area (Å²) in [6.07, 6.45) is -0.780. The van der Waals surface area contributed by atoms with Crippen molar-refractivity contribution in [2.75, 3.05) is 26.6 Å². The van der Waals surface area contributed by atoms with Gasteiger partial charge in [-0.05, 0) is 24.3 Å². The molecule has 1 amide bonds. The summed E-state index contributed by atoms with van der Waals surface area (Å²) < 4.78 is 20.1. The number of methoxy groups -OCH3 is 3. The number of anilines is 1. The summed E-state index contributed by atoms with van der Waals surface area (Å²) >= 11 is 0. The zero-order chi connectivity index (χ0) is 17.5. The van der Waals surface area contributed by atoms with Gasteiger partial charge in [0.25, 0.3) is 0 Å². The molecular weight excluding hydrogens is 314 g/mol. The largest absolute Gasteiger partial charge is 0.497 e. The van der Waals surface area contributed by atoms with Gasteiger partial charge in [-0.15, -0.1) is 0 Å². The lowest BCUT2D eigenvalue weighted by Crippen LogP contribution is -2.19. The van der Waals surface area contributed by atoms with Gasteiger partial charge in [0.1, 0.15) is 22.8 Å². The Kier molecular flexibility index (Phi) is 5.62. The van der Waals surface area contributed by atoms with Crippen molar-refractivity contribution in [1.82, 2.24) is 0 Å². The maximum absolute atomic E-state index is 12.1. The van der Waals surface area contributed by atoms with E-state index < -0.39 is 12.1 Å². The highest BCUT2D eigenvalue weighted by molar-refractivity contribution is 5.95. The third-order valence-corrected chi connectivity index (χ3v) is 3.14. The molecule has 2 aromatic rings. The van der Waals surface area contributed by atoms with Crippen LogP contribution in [-0.4, -0.2) is 33.4 Å². The number of carbonyl (C=O) groups excluding carboxylic acids is 2. The van der Waals surface area contributed by atoms with Crippen LogP contribution in [-0.2, 0) is 4.74 Å². The first-order chi connectivity index (χ1) is 11.6. The Hall–Kier alpha value is -3.22. The van der Waals surface area contributed by atoms with E-state index in [9.17, 15) is 9.59 Å². The monoisotopic (exact) mass is 331 g/mol. The number of ether oxygens (including phenoxy) is 4. The standard InChI is InChI=1S/C17H17NO6/c1-21-11-8-9-15(22-2)13(10-11)18-17(20)24-14-7-5-4-6-12(14)16(19)23-3/h4-10H,1-3H3,(H,18,20). The molecule has 0 unspecified atom stereocenters. The Morgan fingerprint density at radius 2 is 1.67 bits per heavy atom. The normalized spacial score (nSPS) is 9.79. The van der Waals surface area contributed by atoms with Crippen molar-refractivity contribution in [1.29, 1.82) is 0 Å². The topological polar surface area (TPSA) is 83.1 Å². The number of para-hydroxylation sites is 1. The lowest BCUT2D eigenvalue weighted by atomic mass is 10.2. The third-order valence-electron chi connectivity index (χ3n) is 3.14. The summed E-state index contributed by atoms with van der Waals surface area (Å²) in [4.78, 5) is 23.8. The van der Waals surface area contributed by atoms with Gasteiger partial charge >= 0.3 is 12.1 Å². The number of benzene rings is 2. The minimum atomic E-state index is -0.780. The molecule has 1 N–H and O–H groups in total. The van der Waals surface area contributed by atoms with Crippen LogP contribution < -0.4 is 19.5 Å². The van der Waals surface area contributed by atoms with Crippen LogP contribution in [0.1, 0.15) is 10.4 Å². The van der Waals surface area contributed by atoms with E-state index >= 15 is 0 Å². The van der Waals surface area contributed by atoms with Crippen LogP contribution in [0.2, 0.25) is 0 Å². The van der Waals surface area contributed by atoms with E-state index in [1.807, 2.05) is 0 Å². The molecule has 0 fully saturated rings. The Bertz CT molecular complexity index is 744. The number of nitrogens with one attached hydrogen (secondary N) is 1. The van der Waals surface area contributed by atoms with Crippen LogP contribution in [0.4, 0.5) is 10.5 Å². The molecule has 7 heteroatoms. The number of hydrogen-bond acceptors (Lipinski definition) is 6. The van der Waals surface area contributed by atoms with Gasteiger partial charge in [-0.3, -0.25) is 5.32 Å². The maximum atomic E-state index is 12.1. The van der Waals surface area contributed by atoms with E-state index in [0.29, 0.717) is 17.2 Å². The van der Waals surface area contributed by atoms with Crippen LogP contribution in [0.25, 0.3) is 0 Å². The number of esters is 1. The molecule has 0 radical (unpaired) electrons. The lowest BCUT2D eigenvalue weighted by Gasteiger charge is -2.13. The predicted octanol–water partition coefficient (Wildman–Crippen LogP) is 3.10. The summed E-state index contributed by atoms with van der Waals surface area (Å²) in [5, 5.41) is 2.55. The summed E-state index contributed by atoms with van der Waals surface area (Å²) in [6.45, 7) is 0. The molecule has 126 valence electrons. The van der Waals surface area contributed by atoms with Gasteiger partial charge in [-0.25, -0.2) is 9.59 Å². The molecule has 0 spiro atoms. The first kappa shape index (κ1) is 17.1. The first-order valence-electron chi connectivity index (χ1n) is 6.97. The van der Waals surface area contributed by atoms with Gasteiger partial charge in [0.2, 0.25) is 0 Å². The molecule has 0 heterocycles. The van der Waals surface area contributed by atoms with Crippen molar-refractivity contribution in [2.24, 2.45) is 0 Å². The van der Waals surface area contributed by atoms with Gasteiger partial charge in [-0.2, -0.15) is 0 Å². The molecule has 7 nitrogen and oxygen atoms in total. The fourth-order valence-corrected chi connectivity index (χ4v) is 1.98. The molecule has 24 heavy (non-hydrogen) atoms. The average Bonchev–Trinajstić information content (AvgIpc) is 2.61. The number of carbonyl (C=O) groups is 2. The Morgan fingerprint density at radius 1 is 0.917 bits per heavy atom. The van der Waals surface area contributed by atoms with Crippen molar-refractivity contribution in [3.8, 4) is 17.2 Å². The van der Waals surface area contributed by atoms with Gasteiger partial charge < -0.3 is 18.9 Å². The highest BCUT2D eigenvalue weighted by Crippen LogP contribution is 2.29. The highest BCUT2D eigenvalue weighted by atomic mass is 16.6. The van der Waals surface area contributed by atoms with Crippen molar-refractivity contribution < 1.29 is 28.5 Å². The van der Waals surface area contributed by atoms with Crippen LogP contribution in [0, 0.1) is 0 Å². The minimum absolute atomic E-state index is 0.0868. The fraction of sp³-hybridized carbons (Fsp3) is 0.176. The van der Waals surface area contributed by atoms with E-state index in [1.165, 1.54) is 33.5 Å². The van der Waals surface area contributed by atoms with Crippen molar-refractivity contribution in [3.63, 3.8) is 0 Å². The predicted molar refractivity (Wildman–Crippen MR) is 87.0 cm³/mol. The van der Waals surface area contributed by atoms with E-state index in [4.69, 9.17) is 14.2 Å². The van der Waals surface area contributed by atoms with Crippen LogP contribution in [0.15, 0.2) is 42.5 Å².